The van der Waals surface area contributed by atoms with Gasteiger partial charge in [0.1, 0.15) is 0 Å². The molecule has 0 aliphatic rings. The van der Waals surface area contributed by atoms with Gasteiger partial charge in [-0.3, -0.25) is 0 Å². The summed E-state index contributed by atoms with van der Waals surface area (Å²) in [6.07, 6.45) is 0. The summed E-state index contributed by atoms with van der Waals surface area (Å²) in [5.74, 6) is 0.991. The van der Waals surface area contributed by atoms with Gasteiger partial charge in [0.2, 0.25) is 0 Å². The topological polar surface area (TPSA) is 26.0 Å². The minimum Gasteiger partial charge on any atom is -0.327 e. The van der Waals surface area contributed by atoms with Crippen LogP contribution >= 0.6 is 27.7 Å². The molecule has 0 radical (unpaired) electrons. The number of aryl methyl sites for hydroxylation is 1. The van der Waals surface area contributed by atoms with E-state index >= 15 is 0 Å². The Hall–Kier alpha value is -0.770. The van der Waals surface area contributed by atoms with Gasteiger partial charge in [-0.15, -0.1) is 11.8 Å². The van der Waals surface area contributed by atoms with Crippen LogP contribution in [-0.4, -0.2) is 6.04 Å². The van der Waals surface area contributed by atoms with Gasteiger partial charge in [-0.25, -0.2) is 0 Å². The number of halogens is 1. The van der Waals surface area contributed by atoms with Crippen molar-refractivity contribution in [2.75, 3.05) is 0 Å². The SMILES string of the molecule is Cc1ccccc1CSC(c1cccc(Br)c1)C(C)N. The molecule has 0 aliphatic heterocycles. The predicted octanol–water partition coefficient (Wildman–Crippen LogP) is 5.08. The summed E-state index contributed by atoms with van der Waals surface area (Å²) in [5, 5.41) is 0.312. The Bertz CT molecular complexity index is 568. The maximum atomic E-state index is 6.18. The van der Waals surface area contributed by atoms with E-state index in [1.165, 1.54) is 16.7 Å². The van der Waals surface area contributed by atoms with E-state index in [0.29, 0.717) is 5.25 Å². The number of rotatable bonds is 5. The summed E-state index contributed by atoms with van der Waals surface area (Å²) in [5.41, 5.74) is 10.2. The zero-order valence-corrected chi connectivity index (χ0v) is 14.2. The molecule has 2 atom stereocenters. The van der Waals surface area contributed by atoms with Crippen LogP contribution in [0.3, 0.4) is 0 Å². The first kappa shape index (κ1) is 15.6. The minimum atomic E-state index is 0.123. The summed E-state index contributed by atoms with van der Waals surface area (Å²) in [7, 11) is 0. The fourth-order valence-corrected chi connectivity index (χ4v) is 3.93. The lowest BCUT2D eigenvalue weighted by molar-refractivity contribution is 0.721. The van der Waals surface area contributed by atoms with Gasteiger partial charge in [0.15, 0.2) is 0 Å². The largest absolute Gasteiger partial charge is 0.327 e. The van der Waals surface area contributed by atoms with Crippen LogP contribution in [0, 0.1) is 6.92 Å². The van der Waals surface area contributed by atoms with Crippen LogP contribution in [0.1, 0.15) is 28.9 Å². The summed E-state index contributed by atoms with van der Waals surface area (Å²) in [4.78, 5) is 0. The van der Waals surface area contributed by atoms with Gasteiger partial charge in [0.25, 0.3) is 0 Å². The lowest BCUT2D eigenvalue weighted by Crippen LogP contribution is -2.22. The second kappa shape index (κ2) is 7.30. The average molecular weight is 350 g/mol. The van der Waals surface area contributed by atoms with Gasteiger partial charge >= 0.3 is 0 Å². The average Bonchev–Trinajstić information content (AvgIpc) is 2.41. The molecule has 0 amide bonds. The molecule has 0 aromatic heterocycles. The Kier molecular flexibility index (Phi) is 5.70. The third kappa shape index (κ3) is 4.11. The van der Waals surface area contributed by atoms with Crippen molar-refractivity contribution in [3.8, 4) is 0 Å². The molecule has 2 rings (SSSR count). The molecule has 1 nitrogen and oxygen atoms in total. The van der Waals surface area contributed by atoms with Crippen LogP contribution < -0.4 is 5.73 Å². The van der Waals surface area contributed by atoms with E-state index in [-0.39, 0.29) is 6.04 Å². The molecule has 0 spiro atoms. The van der Waals surface area contributed by atoms with Crippen LogP contribution in [0.2, 0.25) is 0 Å². The van der Waals surface area contributed by atoms with Gasteiger partial charge in [0.05, 0.1) is 0 Å². The summed E-state index contributed by atoms with van der Waals surface area (Å²) in [6, 6.07) is 17.1. The van der Waals surface area contributed by atoms with Crippen molar-refractivity contribution in [1.82, 2.24) is 0 Å². The lowest BCUT2D eigenvalue weighted by atomic mass is 10.1. The molecule has 0 saturated heterocycles. The van der Waals surface area contributed by atoms with Gasteiger partial charge in [-0.2, -0.15) is 0 Å². The summed E-state index contributed by atoms with van der Waals surface area (Å²) in [6.45, 7) is 4.24. The molecule has 106 valence electrons. The Morgan fingerprint density at radius 3 is 2.55 bits per heavy atom. The predicted molar refractivity (Wildman–Crippen MR) is 93.0 cm³/mol. The molecule has 2 N–H and O–H groups in total. The third-order valence-electron chi connectivity index (χ3n) is 3.33. The molecule has 0 fully saturated rings. The van der Waals surface area contributed by atoms with Gasteiger partial charge in [-0.1, -0.05) is 52.3 Å². The quantitative estimate of drug-likeness (QED) is 0.814. The van der Waals surface area contributed by atoms with E-state index in [4.69, 9.17) is 5.73 Å². The fraction of sp³-hybridized carbons (Fsp3) is 0.294. The number of hydrogen-bond acceptors (Lipinski definition) is 2. The normalized spacial score (nSPS) is 14.0. The number of hydrogen-bond donors (Lipinski definition) is 1. The van der Waals surface area contributed by atoms with Gasteiger partial charge < -0.3 is 5.73 Å². The number of thioether (sulfide) groups is 1. The Morgan fingerprint density at radius 1 is 1.15 bits per heavy atom. The zero-order valence-electron chi connectivity index (χ0n) is 11.8. The second-order valence-electron chi connectivity index (χ2n) is 5.07. The van der Waals surface area contributed by atoms with Gasteiger partial charge in [0, 0.05) is 21.5 Å². The fourth-order valence-electron chi connectivity index (χ4n) is 2.19. The van der Waals surface area contributed by atoms with Crippen molar-refractivity contribution in [3.05, 3.63) is 69.7 Å². The van der Waals surface area contributed by atoms with E-state index in [1.807, 2.05) is 17.8 Å². The molecule has 0 heterocycles. The highest BCUT2D eigenvalue weighted by molar-refractivity contribution is 9.10. The standard InChI is InChI=1S/C17H20BrNS/c1-12-6-3-4-7-15(12)11-20-17(13(2)19)14-8-5-9-16(18)10-14/h3-10,13,17H,11,19H2,1-2H3. The van der Waals surface area contributed by atoms with E-state index < -0.39 is 0 Å². The first-order valence-electron chi connectivity index (χ1n) is 6.75. The summed E-state index contributed by atoms with van der Waals surface area (Å²) >= 11 is 5.45. The van der Waals surface area contributed by atoms with E-state index in [1.54, 1.807) is 0 Å². The molecule has 0 saturated carbocycles. The molecular formula is C17H20BrNS. The van der Waals surface area contributed by atoms with Crippen LogP contribution in [-0.2, 0) is 5.75 Å². The van der Waals surface area contributed by atoms with Crippen molar-refractivity contribution >= 4 is 27.7 Å². The number of benzene rings is 2. The molecule has 0 bridgehead atoms. The third-order valence-corrected chi connectivity index (χ3v) is 5.37. The molecule has 0 aliphatic carbocycles. The van der Waals surface area contributed by atoms with Crippen LogP contribution in [0.15, 0.2) is 53.0 Å². The first-order chi connectivity index (χ1) is 9.58. The van der Waals surface area contributed by atoms with Crippen LogP contribution in [0.5, 0.6) is 0 Å². The molecular weight excluding hydrogens is 330 g/mol. The van der Waals surface area contributed by atoms with Crippen LogP contribution in [0.4, 0.5) is 0 Å². The highest BCUT2D eigenvalue weighted by atomic mass is 79.9. The molecule has 2 aromatic carbocycles. The van der Waals surface area contributed by atoms with Crippen molar-refractivity contribution < 1.29 is 0 Å². The smallest absolute Gasteiger partial charge is 0.0449 e. The molecule has 20 heavy (non-hydrogen) atoms. The maximum Gasteiger partial charge on any atom is 0.0449 e. The van der Waals surface area contributed by atoms with Gasteiger partial charge in [-0.05, 0) is 42.7 Å². The minimum absolute atomic E-state index is 0.123. The molecule has 3 heteroatoms. The van der Waals surface area contributed by atoms with Crippen LogP contribution in [0.25, 0.3) is 0 Å². The zero-order chi connectivity index (χ0) is 14.5. The van der Waals surface area contributed by atoms with E-state index in [0.717, 1.165) is 10.2 Å². The Labute approximate surface area is 134 Å². The highest BCUT2D eigenvalue weighted by Crippen LogP contribution is 2.35. The highest BCUT2D eigenvalue weighted by Gasteiger charge is 2.17. The van der Waals surface area contributed by atoms with Crippen molar-refractivity contribution in [2.24, 2.45) is 5.73 Å². The lowest BCUT2D eigenvalue weighted by Gasteiger charge is -2.21. The first-order valence-corrected chi connectivity index (χ1v) is 8.59. The molecule has 2 aromatic rings. The van der Waals surface area contributed by atoms with Crippen molar-refractivity contribution in [2.45, 2.75) is 30.9 Å². The second-order valence-corrected chi connectivity index (χ2v) is 7.12. The summed E-state index contributed by atoms with van der Waals surface area (Å²) < 4.78 is 1.11. The number of nitrogens with two attached hydrogens (primary N) is 1. The monoisotopic (exact) mass is 349 g/mol. The van der Waals surface area contributed by atoms with Crippen molar-refractivity contribution in [3.63, 3.8) is 0 Å². The molecule has 2 unspecified atom stereocenters. The van der Waals surface area contributed by atoms with E-state index in [9.17, 15) is 0 Å². The van der Waals surface area contributed by atoms with E-state index in [2.05, 4.69) is 72.2 Å². The maximum absolute atomic E-state index is 6.18. The Morgan fingerprint density at radius 2 is 1.90 bits per heavy atom. The van der Waals surface area contributed by atoms with Crippen molar-refractivity contribution in [1.29, 1.82) is 0 Å². The Balaban J connectivity index is 2.13.